The molecule has 0 N–H and O–H groups in total. The van der Waals surface area contributed by atoms with Crippen molar-refractivity contribution in [3.05, 3.63) is 0 Å². The van der Waals surface area contributed by atoms with E-state index in [1.165, 1.54) is 30.8 Å². The second kappa shape index (κ2) is 6.99. The van der Waals surface area contributed by atoms with Crippen LogP contribution in [0.3, 0.4) is 0 Å². The van der Waals surface area contributed by atoms with Crippen LogP contribution < -0.4 is 0 Å². The highest BCUT2D eigenvalue weighted by molar-refractivity contribution is 14.1. The van der Waals surface area contributed by atoms with E-state index in [9.17, 15) is 4.79 Å². The van der Waals surface area contributed by atoms with Crippen LogP contribution in [-0.4, -0.2) is 28.0 Å². The molecule has 0 spiro atoms. The Morgan fingerprint density at radius 2 is 2.27 bits per heavy atom. The Labute approximate surface area is 110 Å². The van der Waals surface area contributed by atoms with E-state index in [2.05, 4.69) is 22.6 Å². The lowest BCUT2D eigenvalue weighted by molar-refractivity contribution is -0.144. The first-order chi connectivity index (χ1) is 7.25. The fourth-order valence-corrected chi connectivity index (χ4v) is 4.06. The number of alkyl halides is 1. The number of methoxy groups -OCH3 is 1. The zero-order valence-corrected chi connectivity index (χ0v) is 12.2. The fraction of sp³-hybridized carbons (Fsp3) is 0.909. The van der Waals surface area contributed by atoms with Crippen molar-refractivity contribution in [2.24, 2.45) is 0 Å². The third-order valence-electron chi connectivity index (χ3n) is 2.87. The molecule has 1 aliphatic rings. The van der Waals surface area contributed by atoms with Crippen molar-refractivity contribution in [3.8, 4) is 0 Å². The van der Waals surface area contributed by atoms with E-state index in [4.69, 9.17) is 4.74 Å². The summed E-state index contributed by atoms with van der Waals surface area (Å²) in [5.41, 5.74) is 0. The summed E-state index contributed by atoms with van der Waals surface area (Å²) in [5.74, 6) is 1.11. The van der Waals surface area contributed by atoms with E-state index in [1.807, 2.05) is 11.8 Å². The van der Waals surface area contributed by atoms with Gasteiger partial charge in [-0.15, -0.1) is 11.8 Å². The second-order valence-electron chi connectivity index (χ2n) is 3.94. The smallest absolute Gasteiger partial charge is 0.321 e. The molecule has 0 saturated carbocycles. The molecule has 0 aromatic heterocycles. The van der Waals surface area contributed by atoms with Gasteiger partial charge in [0.05, 0.1) is 7.11 Å². The molecule has 1 atom stereocenters. The average Bonchev–Trinajstić information content (AvgIpc) is 2.29. The number of thioether (sulfide) groups is 1. The third kappa shape index (κ3) is 3.80. The summed E-state index contributed by atoms with van der Waals surface area (Å²) < 4.78 is 5.93. The molecule has 2 nitrogen and oxygen atoms in total. The number of rotatable bonds is 5. The Morgan fingerprint density at radius 1 is 1.47 bits per heavy atom. The summed E-state index contributed by atoms with van der Waals surface area (Å²) in [6.07, 6.45) is 6.77. The van der Waals surface area contributed by atoms with Gasteiger partial charge < -0.3 is 4.74 Å². The zero-order valence-electron chi connectivity index (χ0n) is 9.26. The topological polar surface area (TPSA) is 26.3 Å². The predicted octanol–water partition coefficient (Wildman–Crippen LogP) is 3.42. The van der Waals surface area contributed by atoms with Crippen LogP contribution in [0.2, 0.25) is 0 Å². The molecule has 88 valence electrons. The van der Waals surface area contributed by atoms with Gasteiger partial charge in [0.1, 0.15) is 4.75 Å². The molecule has 1 fully saturated rings. The van der Waals surface area contributed by atoms with Gasteiger partial charge in [-0.05, 0) is 35.9 Å². The molecule has 1 aliphatic heterocycles. The SMILES string of the molecule is COC(=O)C1(CCCCI)CCCCS1. The van der Waals surface area contributed by atoms with Gasteiger partial charge in [0.2, 0.25) is 0 Å². The molecule has 0 aliphatic carbocycles. The summed E-state index contributed by atoms with van der Waals surface area (Å²) in [5, 5.41) is 0. The highest BCUT2D eigenvalue weighted by Gasteiger charge is 2.40. The predicted molar refractivity (Wildman–Crippen MR) is 73.8 cm³/mol. The van der Waals surface area contributed by atoms with E-state index < -0.39 is 0 Å². The maximum atomic E-state index is 11.8. The number of ether oxygens (including phenoxy) is 1. The third-order valence-corrected chi connectivity index (χ3v) is 5.26. The Balaban J connectivity index is 2.54. The summed E-state index contributed by atoms with van der Waals surface area (Å²) in [4.78, 5) is 11.8. The molecule has 0 aromatic rings. The molecule has 0 radical (unpaired) electrons. The van der Waals surface area contributed by atoms with Crippen LogP contribution in [0.4, 0.5) is 0 Å². The first kappa shape index (κ1) is 13.6. The maximum absolute atomic E-state index is 11.8. The number of carbonyl (C=O) groups is 1. The Bertz CT molecular complexity index is 203. The van der Waals surface area contributed by atoms with Gasteiger partial charge in [-0.1, -0.05) is 35.4 Å². The molecule has 1 saturated heterocycles. The van der Waals surface area contributed by atoms with Crippen molar-refractivity contribution in [2.75, 3.05) is 17.3 Å². The molecule has 0 amide bonds. The highest BCUT2D eigenvalue weighted by atomic mass is 127. The number of carbonyl (C=O) groups excluding carboxylic acids is 1. The molecule has 0 bridgehead atoms. The quantitative estimate of drug-likeness (QED) is 0.331. The molecule has 1 unspecified atom stereocenters. The van der Waals surface area contributed by atoms with E-state index in [0.29, 0.717) is 0 Å². The minimum atomic E-state index is -0.210. The molecular weight excluding hydrogens is 323 g/mol. The van der Waals surface area contributed by atoms with Crippen LogP contribution in [0, 0.1) is 0 Å². The number of unbranched alkanes of at least 4 members (excludes halogenated alkanes) is 1. The first-order valence-electron chi connectivity index (χ1n) is 5.53. The number of hydrogen-bond acceptors (Lipinski definition) is 3. The van der Waals surface area contributed by atoms with Crippen molar-refractivity contribution in [2.45, 2.75) is 43.3 Å². The van der Waals surface area contributed by atoms with E-state index >= 15 is 0 Å². The van der Waals surface area contributed by atoms with Crippen molar-refractivity contribution < 1.29 is 9.53 Å². The minimum Gasteiger partial charge on any atom is -0.468 e. The fourth-order valence-electron chi connectivity index (χ4n) is 2.00. The van der Waals surface area contributed by atoms with Crippen LogP contribution in [0.5, 0.6) is 0 Å². The molecule has 0 aromatic carbocycles. The van der Waals surface area contributed by atoms with Gasteiger partial charge in [-0.25, -0.2) is 0 Å². The summed E-state index contributed by atoms with van der Waals surface area (Å²) >= 11 is 4.21. The Hall–Kier alpha value is 0.550. The van der Waals surface area contributed by atoms with Gasteiger partial charge >= 0.3 is 5.97 Å². The highest BCUT2D eigenvalue weighted by Crippen LogP contribution is 2.41. The summed E-state index contributed by atoms with van der Waals surface area (Å²) in [7, 11) is 1.51. The average molecular weight is 342 g/mol. The van der Waals surface area contributed by atoms with Crippen molar-refractivity contribution in [1.82, 2.24) is 0 Å². The van der Waals surface area contributed by atoms with Crippen molar-refractivity contribution >= 4 is 40.3 Å². The monoisotopic (exact) mass is 342 g/mol. The van der Waals surface area contributed by atoms with Gasteiger partial charge in [-0.3, -0.25) is 4.79 Å². The van der Waals surface area contributed by atoms with Gasteiger partial charge in [0.15, 0.2) is 0 Å². The van der Waals surface area contributed by atoms with Gasteiger partial charge in [0.25, 0.3) is 0 Å². The molecule has 1 rings (SSSR count). The van der Waals surface area contributed by atoms with Crippen LogP contribution in [0.25, 0.3) is 0 Å². The zero-order chi connectivity index (χ0) is 11.1. The van der Waals surface area contributed by atoms with E-state index in [-0.39, 0.29) is 10.7 Å². The van der Waals surface area contributed by atoms with Gasteiger partial charge in [-0.2, -0.15) is 0 Å². The summed E-state index contributed by atoms with van der Waals surface area (Å²) in [6.45, 7) is 0. The number of esters is 1. The summed E-state index contributed by atoms with van der Waals surface area (Å²) in [6, 6.07) is 0. The largest absolute Gasteiger partial charge is 0.468 e. The normalized spacial score (nSPS) is 26.3. The van der Waals surface area contributed by atoms with Crippen molar-refractivity contribution in [3.63, 3.8) is 0 Å². The lowest BCUT2D eigenvalue weighted by Gasteiger charge is -2.33. The molecule has 4 heteroatoms. The number of hydrogen-bond donors (Lipinski definition) is 0. The minimum absolute atomic E-state index is 0.000609. The van der Waals surface area contributed by atoms with Crippen LogP contribution in [-0.2, 0) is 9.53 Å². The Kier molecular flexibility index (Phi) is 6.34. The first-order valence-corrected chi connectivity index (χ1v) is 8.04. The van der Waals surface area contributed by atoms with Crippen LogP contribution in [0.1, 0.15) is 38.5 Å². The lowest BCUT2D eigenvalue weighted by atomic mass is 9.94. The standard InChI is InChI=1S/C11H19IO2S/c1-14-10(13)11(6-2-4-8-12)7-3-5-9-15-11/h2-9H2,1H3. The molecule has 15 heavy (non-hydrogen) atoms. The Morgan fingerprint density at radius 3 is 2.80 bits per heavy atom. The maximum Gasteiger partial charge on any atom is 0.321 e. The molecule has 1 heterocycles. The van der Waals surface area contributed by atoms with E-state index in [0.717, 1.165) is 25.0 Å². The second-order valence-corrected chi connectivity index (χ2v) is 6.49. The van der Waals surface area contributed by atoms with Crippen LogP contribution in [0.15, 0.2) is 0 Å². The molecular formula is C11H19IO2S. The van der Waals surface area contributed by atoms with Crippen molar-refractivity contribution in [1.29, 1.82) is 0 Å². The lowest BCUT2D eigenvalue weighted by Crippen LogP contribution is -2.38. The number of halogens is 1. The van der Waals surface area contributed by atoms with E-state index in [1.54, 1.807) is 0 Å². The van der Waals surface area contributed by atoms with Gasteiger partial charge in [0, 0.05) is 0 Å². The van der Waals surface area contributed by atoms with Crippen LogP contribution >= 0.6 is 34.4 Å².